The van der Waals surface area contributed by atoms with Crippen molar-refractivity contribution in [2.75, 3.05) is 39.3 Å². The van der Waals surface area contributed by atoms with Crippen molar-refractivity contribution >= 4 is 5.91 Å². The third-order valence-electron chi connectivity index (χ3n) is 9.34. The lowest BCUT2D eigenvalue weighted by atomic mass is 9.49. The summed E-state index contributed by atoms with van der Waals surface area (Å²) in [5.74, 6) is 2.32. The number of nitrogens with zero attached hydrogens (tertiary/aromatic N) is 2. The second kappa shape index (κ2) is 9.86. The molecule has 2 aromatic carbocycles. The van der Waals surface area contributed by atoms with E-state index in [-0.39, 0.29) is 23.6 Å². The number of halogens is 2. The summed E-state index contributed by atoms with van der Waals surface area (Å²) < 4.78 is 27.2. The van der Waals surface area contributed by atoms with E-state index >= 15 is 0 Å². The molecule has 1 aliphatic heterocycles. The number of carbonyl (C=O) groups is 1. The van der Waals surface area contributed by atoms with Crippen LogP contribution in [0.5, 0.6) is 0 Å². The van der Waals surface area contributed by atoms with Crippen LogP contribution in [0.4, 0.5) is 8.78 Å². The predicted octanol–water partition coefficient (Wildman–Crippen LogP) is 5.00. The van der Waals surface area contributed by atoms with Gasteiger partial charge < -0.3 is 5.32 Å². The molecule has 36 heavy (non-hydrogen) atoms. The number of amides is 1. The van der Waals surface area contributed by atoms with E-state index in [1.54, 1.807) is 0 Å². The van der Waals surface area contributed by atoms with Crippen molar-refractivity contribution in [3.8, 4) is 0 Å². The second-order valence-electron chi connectivity index (χ2n) is 12.0. The Morgan fingerprint density at radius 2 is 1.28 bits per heavy atom. The largest absolute Gasteiger partial charge is 0.354 e. The van der Waals surface area contributed by atoms with Gasteiger partial charge in [-0.25, -0.2) is 8.78 Å². The summed E-state index contributed by atoms with van der Waals surface area (Å²) in [4.78, 5) is 17.5. The van der Waals surface area contributed by atoms with E-state index < -0.39 is 0 Å². The monoisotopic (exact) mass is 493 g/mol. The third kappa shape index (κ3) is 5.08. The van der Waals surface area contributed by atoms with Crippen LogP contribution in [0.3, 0.4) is 0 Å². The smallest absolute Gasteiger partial charge is 0.234 e. The highest BCUT2D eigenvalue weighted by Crippen LogP contribution is 2.59. The Kier molecular flexibility index (Phi) is 6.59. The fourth-order valence-corrected chi connectivity index (χ4v) is 8.14. The molecular weight excluding hydrogens is 456 g/mol. The zero-order valence-corrected chi connectivity index (χ0v) is 21.0. The van der Waals surface area contributed by atoms with Crippen molar-refractivity contribution in [3.05, 3.63) is 71.3 Å². The van der Waals surface area contributed by atoms with Gasteiger partial charge >= 0.3 is 0 Å². The first-order valence-corrected chi connectivity index (χ1v) is 13.7. The van der Waals surface area contributed by atoms with Gasteiger partial charge in [0.15, 0.2) is 0 Å². The molecule has 4 bridgehead atoms. The van der Waals surface area contributed by atoms with E-state index in [0.29, 0.717) is 12.0 Å². The van der Waals surface area contributed by atoms with Crippen LogP contribution < -0.4 is 5.32 Å². The van der Waals surface area contributed by atoms with E-state index in [9.17, 15) is 13.6 Å². The Morgan fingerprint density at radius 3 is 1.75 bits per heavy atom. The fraction of sp³-hybridized carbons (Fsp3) is 0.567. The standard InChI is InChI=1S/C30H37F2N3O/c31-26-5-1-24(2-6-26)29(25-3-7-27(32)8-4-25)35-11-9-34(10-12-35)19-28(36)33-20-30-16-21-13-22(17-30)15-23(14-21)18-30/h1-8,21-23,29H,9-20H2,(H,33,36). The van der Waals surface area contributed by atoms with Crippen molar-refractivity contribution < 1.29 is 13.6 Å². The van der Waals surface area contributed by atoms with Gasteiger partial charge in [0.2, 0.25) is 5.91 Å². The molecule has 1 N–H and O–H groups in total. The number of benzene rings is 2. The number of nitrogens with one attached hydrogen (secondary N) is 1. The van der Waals surface area contributed by atoms with Gasteiger partial charge in [-0.1, -0.05) is 24.3 Å². The molecule has 2 aromatic rings. The molecule has 0 spiro atoms. The quantitative estimate of drug-likeness (QED) is 0.589. The molecule has 0 radical (unpaired) electrons. The first kappa shape index (κ1) is 24.1. The Hall–Kier alpha value is -2.31. The van der Waals surface area contributed by atoms with Crippen LogP contribution in [0.15, 0.2) is 48.5 Å². The molecule has 0 aromatic heterocycles. The number of hydrogen-bond acceptors (Lipinski definition) is 3. The molecule has 4 aliphatic carbocycles. The molecule has 7 rings (SSSR count). The van der Waals surface area contributed by atoms with Crippen LogP contribution >= 0.6 is 0 Å². The first-order chi connectivity index (χ1) is 17.4. The summed E-state index contributed by atoms with van der Waals surface area (Å²) in [5.41, 5.74) is 2.34. The van der Waals surface area contributed by atoms with Gasteiger partial charge in [-0.05, 0) is 97.1 Å². The minimum absolute atomic E-state index is 0.0711. The van der Waals surface area contributed by atoms with Crippen LogP contribution in [0.25, 0.3) is 0 Å². The van der Waals surface area contributed by atoms with Crippen LogP contribution in [-0.2, 0) is 4.79 Å². The minimum Gasteiger partial charge on any atom is -0.354 e. The van der Waals surface area contributed by atoms with Gasteiger partial charge in [0, 0.05) is 32.7 Å². The topological polar surface area (TPSA) is 35.6 Å². The van der Waals surface area contributed by atoms with Crippen molar-refractivity contribution in [1.29, 1.82) is 0 Å². The minimum atomic E-state index is -0.263. The second-order valence-corrected chi connectivity index (χ2v) is 12.0. The van der Waals surface area contributed by atoms with Gasteiger partial charge in [-0.2, -0.15) is 0 Å². The normalized spacial score (nSPS) is 30.1. The molecule has 0 unspecified atom stereocenters. The van der Waals surface area contributed by atoms with Crippen molar-refractivity contribution in [2.45, 2.75) is 44.6 Å². The SMILES string of the molecule is O=C(CN1CCN(C(c2ccc(F)cc2)c2ccc(F)cc2)CC1)NCC12CC3CC(CC(C3)C1)C2. The molecule has 4 nitrogen and oxygen atoms in total. The fourth-order valence-electron chi connectivity index (χ4n) is 8.14. The maximum absolute atomic E-state index is 13.6. The summed E-state index contributed by atoms with van der Waals surface area (Å²) in [7, 11) is 0. The number of piperazine rings is 1. The van der Waals surface area contributed by atoms with Gasteiger partial charge in [0.05, 0.1) is 12.6 Å². The third-order valence-corrected chi connectivity index (χ3v) is 9.34. The highest BCUT2D eigenvalue weighted by Gasteiger charge is 2.50. The summed E-state index contributed by atoms with van der Waals surface area (Å²) in [6.07, 6.45) is 8.21. The zero-order valence-electron chi connectivity index (χ0n) is 21.0. The molecule has 1 amide bonds. The molecule has 1 saturated heterocycles. The van der Waals surface area contributed by atoms with Gasteiger partial charge in [-0.3, -0.25) is 14.6 Å². The Morgan fingerprint density at radius 1 is 0.806 bits per heavy atom. The van der Waals surface area contributed by atoms with E-state index in [2.05, 4.69) is 15.1 Å². The van der Waals surface area contributed by atoms with E-state index in [1.165, 1.54) is 62.8 Å². The van der Waals surface area contributed by atoms with Crippen LogP contribution in [0, 0.1) is 34.8 Å². The molecule has 5 fully saturated rings. The zero-order chi connectivity index (χ0) is 24.7. The average molecular weight is 494 g/mol. The van der Waals surface area contributed by atoms with Gasteiger partial charge in [0.1, 0.15) is 11.6 Å². The Bertz CT molecular complexity index is 982. The van der Waals surface area contributed by atoms with Gasteiger partial charge in [-0.15, -0.1) is 0 Å². The number of hydrogen-bond donors (Lipinski definition) is 1. The summed E-state index contributed by atoms with van der Waals surface area (Å²) in [5, 5.41) is 3.32. The lowest BCUT2D eigenvalue weighted by Crippen LogP contribution is -2.53. The van der Waals surface area contributed by atoms with E-state index in [0.717, 1.165) is 61.6 Å². The average Bonchev–Trinajstić information content (AvgIpc) is 2.86. The number of carbonyl (C=O) groups excluding carboxylic acids is 1. The van der Waals surface area contributed by atoms with Crippen molar-refractivity contribution in [3.63, 3.8) is 0 Å². The van der Waals surface area contributed by atoms with Gasteiger partial charge in [0.25, 0.3) is 0 Å². The molecule has 0 atom stereocenters. The lowest BCUT2D eigenvalue weighted by molar-refractivity contribution is -0.124. The summed E-state index contributed by atoms with van der Waals surface area (Å²) >= 11 is 0. The van der Waals surface area contributed by atoms with Crippen molar-refractivity contribution in [1.82, 2.24) is 15.1 Å². The molecule has 1 heterocycles. The van der Waals surface area contributed by atoms with Crippen LogP contribution in [0.1, 0.15) is 55.7 Å². The van der Waals surface area contributed by atoms with Crippen LogP contribution in [0.2, 0.25) is 0 Å². The molecule has 5 aliphatic rings. The summed E-state index contributed by atoms with van der Waals surface area (Å²) in [6.45, 7) is 4.47. The van der Waals surface area contributed by atoms with Crippen LogP contribution in [-0.4, -0.2) is 55.0 Å². The first-order valence-electron chi connectivity index (χ1n) is 13.7. The highest BCUT2D eigenvalue weighted by atomic mass is 19.1. The maximum atomic E-state index is 13.6. The van der Waals surface area contributed by atoms with E-state index in [1.807, 2.05) is 24.3 Å². The molecular formula is C30H37F2N3O. The summed E-state index contributed by atoms with van der Waals surface area (Å²) in [6, 6.07) is 13.1. The molecule has 4 saturated carbocycles. The van der Waals surface area contributed by atoms with E-state index in [4.69, 9.17) is 0 Å². The van der Waals surface area contributed by atoms with Crippen molar-refractivity contribution in [2.24, 2.45) is 23.2 Å². The molecule has 6 heteroatoms. The predicted molar refractivity (Wildman–Crippen MR) is 136 cm³/mol. The Balaban J connectivity index is 1.05. The molecule has 192 valence electrons. The highest BCUT2D eigenvalue weighted by molar-refractivity contribution is 5.78. The number of rotatable bonds is 7. The Labute approximate surface area is 213 Å². The maximum Gasteiger partial charge on any atom is 0.234 e. The lowest BCUT2D eigenvalue weighted by Gasteiger charge is -2.57.